The predicted octanol–water partition coefficient (Wildman–Crippen LogP) is 3.22. The van der Waals surface area contributed by atoms with Gasteiger partial charge >= 0.3 is 0 Å². The molecule has 0 saturated heterocycles. The number of nitrogens with zero attached hydrogens (tertiary/aromatic N) is 1. The molecule has 0 aliphatic carbocycles. The summed E-state index contributed by atoms with van der Waals surface area (Å²) in [6, 6.07) is 11.2. The SMILES string of the molecule is COc1cc(/C=N/O)ccc1OCc1ccc(F)cc1. The minimum absolute atomic E-state index is 0.279. The van der Waals surface area contributed by atoms with E-state index in [4.69, 9.17) is 14.7 Å². The molecule has 20 heavy (non-hydrogen) atoms. The molecule has 0 aliphatic heterocycles. The third kappa shape index (κ3) is 3.47. The molecule has 2 aromatic rings. The zero-order valence-corrected chi connectivity index (χ0v) is 10.9. The van der Waals surface area contributed by atoms with Gasteiger partial charge in [-0.15, -0.1) is 0 Å². The molecule has 0 atom stereocenters. The number of ether oxygens (including phenoxy) is 2. The molecule has 0 aromatic heterocycles. The molecule has 104 valence electrons. The fraction of sp³-hybridized carbons (Fsp3) is 0.133. The maximum Gasteiger partial charge on any atom is 0.161 e. The summed E-state index contributed by atoms with van der Waals surface area (Å²) in [5, 5.41) is 11.4. The lowest BCUT2D eigenvalue weighted by Crippen LogP contribution is -1.98. The lowest BCUT2D eigenvalue weighted by Gasteiger charge is -2.11. The van der Waals surface area contributed by atoms with E-state index >= 15 is 0 Å². The highest BCUT2D eigenvalue weighted by atomic mass is 19.1. The summed E-state index contributed by atoms with van der Waals surface area (Å²) < 4.78 is 23.6. The molecule has 0 amide bonds. The van der Waals surface area contributed by atoms with Crippen LogP contribution in [0.1, 0.15) is 11.1 Å². The van der Waals surface area contributed by atoms with Crippen molar-refractivity contribution in [3.05, 3.63) is 59.4 Å². The number of rotatable bonds is 5. The standard InChI is InChI=1S/C15H14FNO3/c1-19-15-8-12(9-17-18)4-7-14(15)20-10-11-2-5-13(16)6-3-11/h2-9,18H,10H2,1H3/b17-9+. The van der Waals surface area contributed by atoms with Crippen molar-refractivity contribution in [1.82, 2.24) is 0 Å². The monoisotopic (exact) mass is 275 g/mol. The normalized spacial score (nSPS) is 10.7. The van der Waals surface area contributed by atoms with Crippen molar-refractivity contribution >= 4 is 6.21 Å². The van der Waals surface area contributed by atoms with Crippen LogP contribution in [0.15, 0.2) is 47.6 Å². The van der Waals surface area contributed by atoms with Gasteiger partial charge in [-0.05, 0) is 35.9 Å². The van der Waals surface area contributed by atoms with E-state index in [9.17, 15) is 4.39 Å². The second-order valence-corrected chi connectivity index (χ2v) is 4.07. The quantitative estimate of drug-likeness (QED) is 0.518. The van der Waals surface area contributed by atoms with Crippen molar-refractivity contribution in [2.24, 2.45) is 5.16 Å². The van der Waals surface area contributed by atoms with Crippen LogP contribution in [0, 0.1) is 5.82 Å². The summed E-state index contributed by atoms with van der Waals surface area (Å²) in [7, 11) is 1.53. The minimum atomic E-state index is -0.279. The van der Waals surface area contributed by atoms with Crippen LogP contribution < -0.4 is 9.47 Å². The van der Waals surface area contributed by atoms with Gasteiger partial charge in [0.05, 0.1) is 13.3 Å². The molecular weight excluding hydrogens is 261 g/mol. The molecule has 0 unspecified atom stereocenters. The highest BCUT2D eigenvalue weighted by molar-refractivity contribution is 5.80. The number of oxime groups is 1. The number of hydrogen-bond acceptors (Lipinski definition) is 4. The first-order chi connectivity index (χ1) is 9.72. The smallest absolute Gasteiger partial charge is 0.161 e. The second-order valence-electron chi connectivity index (χ2n) is 4.07. The van der Waals surface area contributed by atoms with Crippen LogP contribution >= 0.6 is 0 Å². The van der Waals surface area contributed by atoms with E-state index in [0.717, 1.165) is 5.56 Å². The molecule has 0 aliphatic rings. The van der Waals surface area contributed by atoms with Crippen molar-refractivity contribution < 1.29 is 19.1 Å². The Balaban J connectivity index is 2.10. The highest BCUT2D eigenvalue weighted by Gasteiger charge is 2.05. The van der Waals surface area contributed by atoms with Gasteiger partial charge < -0.3 is 14.7 Å². The lowest BCUT2D eigenvalue weighted by molar-refractivity contribution is 0.284. The zero-order chi connectivity index (χ0) is 14.4. The lowest BCUT2D eigenvalue weighted by atomic mass is 10.2. The van der Waals surface area contributed by atoms with Crippen molar-refractivity contribution in [3.63, 3.8) is 0 Å². The Morgan fingerprint density at radius 1 is 1.15 bits per heavy atom. The van der Waals surface area contributed by atoms with E-state index in [-0.39, 0.29) is 5.82 Å². The van der Waals surface area contributed by atoms with Crippen LogP contribution in [0.2, 0.25) is 0 Å². The van der Waals surface area contributed by atoms with E-state index in [0.29, 0.717) is 23.7 Å². The maximum absolute atomic E-state index is 12.8. The van der Waals surface area contributed by atoms with Gasteiger partial charge in [-0.3, -0.25) is 0 Å². The molecule has 0 heterocycles. The summed E-state index contributed by atoms with van der Waals surface area (Å²) in [4.78, 5) is 0. The van der Waals surface area contributed by atoms with Gasteiger partial charge in [0, 0.05) is 5.56 Å². The van der Waals surface area contributed by atoms with Crippen LogP contribution in [0.3, 0.4) is 0 Å². The molecule has 0 bridgehead atoms. The first kappa shape index (κ1) is 13.9. The molecule has 1 N–H and O–H groups in total. The number of benzene rings is 2. The van der Waals surface area contributed by atoms with Gasteiger partial charge in [-0.1, -0.05) is 17.3 Å². The highest BCUT2D eigenvalue weighted by Crippen LogP contribution is 2.28. The molecule has 5 heteroatoms. The van der Waals surface area contributed by atoms with Crippen molar-refractivity contribution in [2.75, 3.05) is 7.11 Å². The number of halogens is 1. The first-order valence-corrected chi connectivity index (χ1v) is 5.95. The van der Waals surface area contributed by atoms with Gasteiger partial charge in [0.15, 0.2) is 11.5 Å². The fourth-order valence-electron chi connectivity index (χ4n) is 1.69. The van der Waals surface area contributed by atoms with Crippen LogP contribution in [-0.2, 0) is 6.61 Å². The average molecular weight is 275 g/mol. The van der Waals surface area contributed by atoms with Crippen LogP contribution in [0.4, 0.5) is 4.39 Å². The first-order valence-electron chi connectivity index (χ1n) is 5.95. The molecular formula is C15H14FNO3. The van der Waals surface area contributed by atoms with Gasteiger partial charge in [-0.2, -0.15) is 0 Å². The summed E-state index contributed by atoms with van der Waals surface area (Å²) in [5.74, 6) is 0.815. The molecule has 0 saturated carbocycles. The summed E-state index contributed by atoms with van der Waals surface area (Å²) in [5.41, 5.74) is 1.55. The Kier molecular flexibility index (Phi) is 4.55. The van der Waals surface area contributed by atoms with Gasteiger partial charge in [0.2, 0.25) is 0 Å². The largest absolute Gasteiger partial charge is 0.493 e. The van der Waals surface area contributed by atoms with Crippen molar-refractivity contribution in [2.45, 2.75) is 6.61 Å². The topological polar surface area (TPSA) is 51.0 Å². The average Bonchev–Trinajstić information content (AvgIpc) is 2.47. The Morgan fingerprint density at radius 3 is 2.55 bits per heavy atom. The Morgan fingerprint density at radius 2 is 1.90 bits per heavy atom. The van der Waals surface area contributed by atoms with Crippen molar-refractivity contribution in [3.8, 4) is 11.5 Å². The summed E-state index contributed by atoms with van der Waals surface area (Å²) in [6.45, 7) is 0.310. The second kappa shape index (κ2) is 6.56. The predicted molar refractivity (Wildman–Crippen MR) is 73.1 cm³/mol. The van der Waals surface area contributed by atoms with Gasteiger partial charge in [0.25, 0.3) is 0 Å². The molecule has 0 fully saturated rings. The van der Waals surface area contributed by atoms with E-state index in [1.54, 1.807) is 30.3 Å². The fourth-order valence-corrected chi connectivity index (χ4v) is 1.69. The third-order valence-electron chi connectivity index (χ3n) is 2.70. The number of methoxy groups -OCH3 is 1. The van der Waals surface area contributed by atoms with Gasteiger partial charge in [-0.25, -0.2) is 4.39 Å². The maximum atomic E-state index is 12.8. The van der Waals surface area contributed by atoms with Crippen LogP contribution in [-0.4, -0.2) is 18.5 Å². The summed E-state index contributed by atoms with van der Waals surface area (Å²) >= 11 is 0. The Labute approximate surface area is 116 Å². The molecule has 4 nitrogen and oxygen atoms in total. The van der Waals surface area contributed by atoms with E-state index in [1.807, 2.05) is 0 Å². The molecule has 2 aromatic carbocycles. The van der Waals surface area contributed by atoms with Crippen molar-refractivity contribution in [1.29, 1.82) is 0 Å². The Hall–Kier alpha value is -2.56. The number of hydrogen-bond donors (Lipinski definition) is 1. The third-order valence-corrected chi connectivity index (χ3v) is 2.70. The van der Waals surface area contributed by atoms with Crippen LogP contribution in [0.5, 0.6) is 11.5 Å². The molecule has 0 radical (unpaired) electrons. The summed E-state index contributed by atoms with van der Waals surface area (Å²) in [6.07, 6.45) is 1.30. The van der Waals surface area contributed by atoms with Gasteiger partial charge in [0.1, 0.15) is 12.4 Å². The Bertz CT molecular complexity index is 597. The molecule has 2 rings (SSSR count). The van der Waals surface area contributed by atoms with E-state index in [2.05, 4.69) is 5.16 Å². The molecule has 0 spiro atoms. The minimum Gasteiger partial charge on any atom is -0.493 e. The van der Waals surface area contributed by atoms with E-state index in [1.165, 1.54) is 25.5 Å². The zero-order valence-electron chi connectivity index (χ0n) is 10.9. The van der Waals surface area contributed by atoms with Crippen LogP contribution in [0.25, 0.3) is 0 Å². The van der Waals surface area contributed by atoms with E-state index < -0.39 is 0 Å².